The van der Waals surface area contributed by atoms with Gasteiger partial charge in [-0.3, -0.25) is 9.52 Å². The Labute approximate surface area is 155 Å². The first kappa shape index (κ1) is 19.4. The van der Waals surface area contributed by atoms with Gasteiger partial charge in [0.15, 0.2) is 0 Å². The highest BCUT2D eigenvalue weighted by atomic mass is 79.9. The van der Waals surface area contributed by atoms with E-state index in [-0.39, 0.29) is 29.1 Å². The molecule has 6 nitrogen and oxygen atoms in total. The highest BCUT2D eigenvalue weighted by Gasteiger charge is 2.16. The first-order chi connectivity index (χ1) is 11.9. The molecule has 1 unspecified atom stereocenters. The zero-order chi connectivity index (χ0) is 18.4. The molecule has 2 aromatic carbocycles. The summed E-state index contributed by atoms with van der Waals surface area (Å²) in [7, 11) is -3.75. The zero-order valence-electron chi connectivity index (χ0n) is 13.6. The van der Waals surface area contributed by atoms with Gasteiger partial charge in [-0.25, -0.2) is 8.42 Å². The molecule has 8 heteroatoms. The van der Waals surface area contributed by atoms with Gasteiger partial charge in [0.25, 0.3) is 15.9 Å². The number of carbonyl (C=O) groups is 1. The van der Waals surface area contributed by atoms with Crippen molar-refractivity contribution in [1.29, 1.82) is 0 Å². The van der Waals surface area contributed by atoms with Crippen molar-refractivity contribution in [2.45, 2.75) is 24.3 Å². The standard InChI is InChI=1S/C17H19BrN2O4S/c1-2-14(11-21)19-17(22)12-4-3-5-15(10-12)20-25(23,24)16-8-6-13(18)7-9-16/h3-10,14,20-21H,2,11H2,1H3,(H,19,22). The molecule has 0 saturated heterocycles. The van der Waals surface area contributed by atoms with E-state index in [9.17, 15) is 13.2 Å². The molecular weight excluding hydrogens is 408 g/mol. The van der Waals surface area contributed by atoms with Crippen molar-refractivity contribution in [2.75, 3.05) is 11.3 Å². The summed E-state index contributed by atoms with van der Waals surface area (Å²) in [5.74, 6) is -0.370. The van der Waals surface area contributed by atoms with Gasteiger partial charge in [0.05, 0.1) is 17.5 Å². The van der Waals surface area contributed by atoms with Gasteiger partial charge in [0, 0.05) is 15.7 Å². The Bertz CT molecular complexity index is 834. The lowest BCUT2D eigenvalue weighted by Gasteiger charge is -2.14. The normalized spacial score (nSPS) is 12.4. The first-order valence-electron chi connectivity index (χ1n) is 7.66. The largest absolute Gasteiger partial charge is 0.394 e. The van der Waals surface area contributed by atoms with Crippen LogP contribution in [-0.4, -0.2) is 32.1 Å². The minimum Gasteiger partial charge on any atom is -0.394 e. The topological polar surface area (TPSA) is 95.5 Å². The molecule has 0 aliphatic rings. The quantitative estimate of drug-likeness (QED) is 0.633. The minimum absolute atomic E-state index is 0.122. The molecular formula is C17H19BrN2O4S. The average Bonchev–Trinajstić information content (AvgIpc) is 2.59. The molecule has 1 atom stereocenters. The Morgan fingerprint density at radius 2 is 1.88 bits per heavy atom. The molecule has 0 radical (unpaired) electrons. The molecule has 1 amide bonds. The summed E-state index contributed by atoms with van der Waals surface area (Å²) in [5, 5.41) is 11.9. The molecule has 0 bridgehead atoms. The van der Waals surface area contributed by atoms with Crippen LogP contribution in [0.15, 0.2) is 57.9 Å². The molecule has 0 fully saturated rings. The van der Waals surface area contributed by atoms with Crippen molar-refractivity contribution in [2.24, 2.45) is 0 Å². The number of hydrogen-bond donors (Lipinski definition) is 3. The van der Waals surface area contributed by atoms with Gasteiger partial charge in [-0.2, -0.15) is 0 Å². The minimum atomic E-state index is -3.75. The number of nitrogens with one attached hydrogen (secondary N) is 2. The second kappa shape index (κ2) is 8.46. The van der Waals surface area contributed by atoms with E-state index in [2.05, 4.69) is 26.0 Å². The Hall–Kier alpha value is -1.90. The van der Waals surface area contributed by atoms with Crippen LogP contribution in [0.2, 0.25) is 0 Å². The summed E-state index contributed by atoms with van der Waals surface area (Å²) in [5.41, 5.74) is 0.593. The molecule has 0 aliphatic carbocycles. The number of hydrogen-bond acceptors (Lipinski definition) is 4. The number of carbonyl (C=O) groups excluding carboxylic acids is 1. The number of aliphatic hydroxyl groups excluding tert-OH is 1. The maximum absolute atomic E-state index is 12.4. The smallest absolute Gasteiger partial charge is 0.261 e. The number of halogens is 1. The molecule has 2 rings (SSSR count). The Morgan fingerprint density at radius 1 is 1.20 bits per heavy atom. The summed E-state index contributed by atoms with van der Waals surface area (Å²) in [4.78, 5) is 12.3. The second-order valence-corrected chi connectivity index (χ2v) is 8.00. The molecule has 0 saturated carbocycles. The van der Waals surface area contributed by atoms with E-state index in [1.807, 2.05) is 6.92 Å². The fraction of sp³-hybridized carbons (Fsp3) is 0.235. The molecule has 3 N–H and O–H groups in total. The molecule has 0 heterocycles. The Balaban J connectivity index is 2.18. The Morgan fingerprint density at radius 3 is 2.48 bits per heavy atom. The maximum atomic E-state index is 12.4. The van der Waals surface area contributed by atoms with Crippen LogP contribution < -0.4 is 10.0 Å². The van der Waals surface area contributed by atoms with Crippen molar-refractivity contribution in [3.05, 3.63) is 58.6 Å². The van der Waals surface area contributed by atoms with Crippen LogP contribution in [-0.2, 0) is 10.0 Å². The fourth-order valence-electron chi connectivity index (χ4n) is 2.10. The number of amides is 1. The van der Waals surface area contributed by atoms with Gasteiger partial charge in [-0.1, -0.05) is 28.9 Å². The second-order valence-electron chi connectivity index (χ2n) is 5.40. The third-order valence-electron chi connectivity index (χ3n) is 3.55. The molecule has 0 aromatic heterocycles. The Kier molecular flexibility index (Phi) is 6.57. The van der Waals surface area contributed by atoms with Crippen LogP contribution in [0, 0.1) is 0 Å². The number of anilines is 1. The van der Waals surface area contributed by atoms with Crippen LogP contribution >= 0.6 is 15.9 Å². The SMILES string of the molecule is CCC(CO)NC(=O)c1cccc(NS(=O)(=O)c2ccc(Br)cc2)c1. The van der Waals surface area contributed by atoms with Gasteiger partial charge in [-0.05, 0) is 48.9 Å². The monoisotopic (exact) mass is 426 g/mol. The molecule has 134 valence electrons. The molecule has 0 aliphatic heterocycles. The van der Waals surface area contributed by atoms with E-state index in [0.717, 1.165) is 4.47 Å². The van der Waals surface area contributed by atoms with Gasteiger partial charge < -0.3 is 10.4 Å². The van der Waals surface area contributed by atoms with Crippen molar-refractivity contribution in [3.63, 3.8) is 0 Å². The summed E-state index contributed by atoms with van der Waals surface area (Å²) in [6, 6.07) is 12.1. The highest BCUT2D eigenvalue weighted by Crippen LogP contribution is 2.19. The summed E-state index contributed by atoms with van der Waals surface area (Å²) >= 11 is 3.26. The van der Waals surface area contributed by atoms with E-state index >= 15 is 0 Å². The summed E-state index contributed by atoms with van der Waals surface area (Å²) < 4.78 is 28.0. The maximum Gasteiger partial charge on any atom is 0.261 e. The third kappa shape index (κ3) is 5.29. The number of benzene rings is 2. The van der Waals surface area contributed by atoms with Crippen LogP contribution in [0.4, 0.5) is 5.69 Å². The molecule has 25 heavy (non-hydrogen) atoms. The molecule has 2 aromatic rings. The van der Waals surface area contributed by atoms with Gasteiger partial charge in [0.1, 0.15) is 0 Å². The zero-order valence-corrected chi connectivity index (χ0v) is 16.0. The van der Waals surface area contributed by atoms with E-state index in [1.165, 1.54) is 18.2 Å². The fourth-order valence-corrected chi connectivity index (χ4v) is 3.41. The van der Waals surface area contributed by atoms with Gasteiger partial charge >= 0.3 is 0 Å². The van der Waals surface area contributed by atoms with Crippen molar-refractivity contribution in [1.82, 2.24) is 5.32 Å². The number of sulfonamides is 1. The first-order valence-corrected chi connectivity index (χ1v) is 9.93. The van der Waals surface area contributed by atoms with Crippen LogP contribution in [0.25, 0.3) is 0 Å². The predicted octanol–water partition coefficient (Wildman–Crippen LogP) is 2.75. The molecule has 0 spiro atoms. The number of aliphatic hydroxyl groups is 1. The number of rotatable bonds is 7. The van der Waals surface area contributed by atoms with Gasteiger partial charge in [0.2, 0.25) is 0 Å². The lowest BCUT2D eigenvalue weighted by molar-refractivity contribution is 0.0915. The van der Waals surface area contributed by atoms with Crippen molar-refractivity contribution in [3.8, 4) is 0 Å². The van der Waals surface area contributed by atoms with Crippen molar-refractivity contribution < 1.29 is 18.3 Å². The van der Waals surface area contributed by atoms with Gasteiger partial charge in [-0.15, -0.1) is 0 Å². The third-order valence-corrected chi connectivity index (χ3v) is 5.48. The van der Waals surface area contributed by atoms with E-state index in [4.69, 9.17) is 5.11 Å². The van der Waals surface area contributed by atoms with E-state index < -0.39 is 10.0 Å². The highest BCUT2D eigenvalue weighted by molar-refractivity contribution is 9.10. The summed E-state index contributed by atoms with van der Waals surface area (Å²) in [6.45, 7) is 1.70. The van der Waals surface area contributed by atoms with Crippen LogP contribution in [0.5, 0.6) is 0 Å². The predicted molar refractivity (Wildman–Crippen MR) is 100 cm³/mol. The lowest BCUT2D eigenvalue weighted by atomic mass is 10.1. The van der Waals surface area contributed by atoms with E-state index in [1.54, 1.807) is 30.3 Å². The van der Waals surface area contributed by atoms with Crippen LogP contribution in [0.1, 0.15) is 23.7 Å². The average molecular weight is 427 g/mol. The van der Waals surface area contributed by atoms with Crippen molar-refractivity contribution >= 4 is 37.5 Å². The van der Waals surface area contributed by atoms with E-state index in [0.29, 0.717) is 12.0 Å². The lowest BCUT2D eigenvalue weighted by Crippen LogP contribution is -2.36. The van der Waals surface area contributed by atoms with Crippen LogP contribution in [0.3, 0.4) is 0 Å². The summed E-state index contributed by atoms with van der Waals surface area (Å²) in [6.07, 6.45) is 0.595.